The van der Waals surface area contributed by atoms with Crippen LogP contribution < -0.4 is 10.1 Å². The molecule has 1 aromatic rings. The lowest BCUT2D eigenvalue weighted by atomic mass is 10.2. The van der Waals surface area contributed by atoms with Crippen molar-refractivity contribution in [2.45, 2.75) is 26.3 Å². The molecule has 1 saturated heterocycles. The third-order valence-electron chi connectivity index (χ3n) is 4.27. The predicted octanol–water partition coefficient (Wildman–Crippen LogP) is 1.58. The van der Waals surface area contributed by atoms with Crippen LogP contribution >= 0.6 is 0 Å². The molecule has 0 spiro atoms. The lowest BCUT2D eigenvalue weighted by molar-refractivity contribution is -0.128. The Hall–Kier alpha value is -2.08. The first kappa shape index (κ1) is 17.3. The summed E-state index contributed by atoms with van der Waals surface area (Å²) in [5, 5.41) is 2.93. The molecule has 2 amide bonds. The van der Waals surface area contributed by atoms with Crippen LogP contribution in [-0.4, -0.2) is 60.9 Å². The van der Waals surface area contributed by atoms with E-state index in [1.807, 2.05) is 36.1 Å². The molecule has 0 aromatic heterocycles. The van der Waals surface area contributed by atoms with Gasteiger partial charge in [-0.2, -0.15) is 0 Å². The Labute approximate surface area is 137 Å². The third-order valence-corrected chi connectivity index (χ3v) is 4.27. The fourth-order valence-electron chi connectivity index (χ4n) is 2.79. The summed E-state index contributed by atoms with van der Waals surface area (Å²) in [4.78, 5) is 28.0. The molecular weight excluding hydrogens is 294 g/mol. The highest BCUT2D eigenvalue weighted by Gasteiger charge is 2.25. The second-order valence-electron chi connectivity index (χ2n) is 5.76. The van der Waals surface area contributed by atoms with Gasteiger partial charge >= 0.3 is 0 Å². The molecule has 1 heterocycles. The Morgan fingerprint density at radius 2 is 1.91 bits per heavy atom. The number of nitrogens with zero attached hydrogens (tertiary/aromatic N) is 2. The molecule has 1 aliphatic heterocycles. The topological polar surface area (TPSA) is 61.9 Å². The number of methoxy groups -OCH3 is 1. The predicted molar refractivity (Wildman–Crippen MR) is 89.5 cm³/mol. The van der Waals surface area contributed by atoms with E-state index < -0.39 is 0 Å². The molecule has 23 heavy (non-hydrogen) atoms. The van der Waals surface area contributed by atoms with Gasteiger partial charge < -0.3 is 15.0 Å². The van der Waals surface area contributed by atoms with Gasteiger partial charge in [0.15, 0.2) is 0 Å². The zero-order valence-corrected chi connectivity index (χ0v) is 14.0. The molecule has 1 aromatic carbocycles. The molecule has 126 valence electrons. The van der Waals surface area contributed by atoms with Gasteiger partial charge in [0.25, 0.3) is 0 Å². The number of rotatable bonds is 4. The van der Waals surface area contributed by atoms with Gasteiger partial charge in [-0.3, -0.25) is 14.5 Å². The number of para-hydroxylation sites is 2. The average Bonchev–Trinajstić information content (AvgIpc) is 2.80. The second-order valence-corrected chi connectivity index (χ2v) is 5.76. The van der Waals surface area contributed by atoms with Crippen molar-refractivity contribution in [3.63, 3.8) is 0 Å². The van der Waals surface area contributed by atoms with Crippen LogP contribution in [0.2, 0.25) is 0 Å². The van der Waals surface area contributed by atoms with Crippen molar-refractivity contribution in [3.05, 3.63) is 24.3 Å². The first-order valence-electron chi connectivity index (χ1n) is 7.96. The van der Waals surface area contributed by atoms with Crippen LogP contribution in [0.5, 0.6) is 5.75 Å². The van der Waals surface area contributed by atoms with Crippen LogP contribution in [0.25, 0.3) is 0 Å². The monoisotopic (exact) mass is 319 g/mol. The van der Waals surface area contributed by atoms with E-state index in [0.29, 0.717) is 24.5 Å². The quantitative estimate of drug-likeness (QED) is 0.915. The molecule has 0 radical (unpaired) electrons. The van der Waals surface area contributed by atoms with E-state index in [2.05, 4.69) is 10.2 Å². The summed E-state index contributed by atoms with van der Waals surface area (Å²) in [7, 11) is 1.58. The number of amides is 2. The van der Waals surface area contributed by atoms with Gasteiger partial charge in [-0.05, 0) is 25.5 Å². The number of ether oxygens (including phenoxy) is 1. The summed E-state index contributed by atoms with van der Waals surface area (Å²) < 4.78 is 5.26. The summed E-state index contributed by atoms with van der Waals surface area (Å²) in [6.45, 7) is 6.43. The zero-order valence-electron chi connectivity index (χ0n) is 14.0. The maximum atomic E-state index is 12.5. The minimum atomic E-state index is -0.258. The standard InChI is InChI=1S/C17H25N3O3/c1-13(19-9-6-10-20(12-11-19)14(2)21)17(22)18-15-7-4-5-8-16(15)23-3/h4-5,7-8,13H,6,9-12H2,1-3H3,(H,18,22)/t13-/m1/s1. The molecule has 6 heteroatoms. The fraction of sp³-hybridized carbons (Fsp3) is 0.529. The Bertz CT molecular complexity index is 562. The van der Waals surface area contributed by atoms with Gasteiger partial charge in [-0.1, -0.05) is 12.1 Å². The Balaban J connectivity index is 1.98. The Morgan fingerprint density at radius 1 is 1.17 bits per heavy atom. The van der Waals surface area contributed by atoms with Crippen LogP contribution in [0.3, 0.4) is 0 Å². The van der Waals surface area contributed by atoms with Crippen molar-refractivity contribution in [2.75, 3.05) is 38.6 Å². The zero-order chi connectivity index (χ0) is 16.8. The lowest BCUT2D eigenvalue weighted by Crippen LogP contribution is -2.44. The lowest BCUT2D eigenvalue weighted by Gasteiger charge is -2.27. The minimum Gasteiger partial charge on any atom is -0.495 e. The van der Waals surface area contributed by atoms with Crippen molar-refractivity contribution < 1.29 is 14.3 Å². The molecule has 6 nitrogen and oxygen atoms in total. The number of carbonyl (C=O) groups excluding carboxylic acids is 2. The van der Waals surface area contributed by atoms with Gasteiger partial charge in [0.05, 0.1) is 18.8 Å². The highest BCUT2D eigenvalue weighted by Crippen LogP contribution is 2.23. The first-order chi connectivity index (χ1) is 11.0. The highest BCUT2D eigenvalue weighted by molar-refractivity contribution is 5.95. The number of nitrogens with one attached hydrogen (secondary N) is 1. The van der Waals surface area contributed by atoms with Crippen LogP contribution in [0.4, 0.5) is 5.69 Å². The van der Waals surface area contributed by atoms with E-state index in [0.717, 1.165) is 19.5 Å². The molecule has 1 N–H and O–H groups in total. The first-order valence-corrected chi connectivity index (χ1v) is 7.96. The van der Waals surface area contributed by atoms with Gasteiger partial charge in [0.1, 0.15) is 5.75 Å². The van der Waals surface area contributed by atoms with Crippen molar-refractivity contribution in [1.82, 2.24) is 9.80 Å². The Kier molecular flexibility index (Phi) is 5.98. The molecule has 0 saturated carbocycles. The average molecular weight is 319 g/mol. The molecule has 1 aliphatic rings. The van der Waals surface area contributed by atoms with Crippen LogP contribution in [0.1, 0.15) is 20.3 Å². The molecular formula is C17H25N3O3. The number of hydrogen-bond acceptors (Lipinski definition) is 4. The highest BCUT2D eigenvalue weighted by atomic mass is 16.5. The molecule has 1 fully saturated rings. The number of hydrogen-bond donors (Lipinski definition) is 1. The van der Waals surface area contributed by atoms with E-state index in [1.54, 1.807) is 14.0 Å². The van der Waals surface area contributed by atoms with Gasteiger partial charge in [0.2, 0.25) is 11.8 Å². The summed E-state index contributed by atoms with van der Waals surface area (Å²) in [5.74, 6) is 0.676. The smallest absolute Gasteiger partial charge is 0.241 e. The van der Waals surface area contributed by atoms with Crippen molar-refractivity contribution in [3.8, 4) is 5.75 Å². The van der Waals surface area contributed by atoms with Gasteiger partial charge in [-0.25, -0.2) is 0 Å². The normalized spacial score (nSPS) is 17.3. The summed E-state index contributed by atoms with van der Waals surface area (Å²) in [6.07, 6.45) is 0.881. The van der Waals surface area contributed by atoms with Gasteiger partial charge in [0, 0.05) is 33.1 Å². The van der Waals surface area contributed by atoms with E-state index in [1.165, 1.54) is 0 Å². The number of benzene rings is 1. The fourth-order valence-corrected chi connectivity index (χ4v) is 2.79. The van der Waals surface area contributed by atoms with E-state index in [9.17, 15) is 9.59 Å². The van der Waals surface area contributed by atoms with Crippen molar-refractivity contribution in [1.29, 1.82) is 0 Å². The summed E-state index contributed by atoms with van der Waals surface area (Å²) in [6, 6.07) is 7.11. The summed E-state index contributed by atoms with van der Waals surface area (Å²) >= 11 is 0. The van der Waals surface area contributed by atoms with E-state index in [4.69, 9.17) is 4.74 Å². The van der Waals surface area contributed by atoms with Crippen LogP contribution in [-0.2, 0) is 9.59 Å². The van der Waals surface area contributed by atoms with E-state index >= 15 is 0 Å². The second kappa shape index (κ2) is 7.97. The van der Waals surface area contributed by atoms with Crippen molar-refractivity contribution >= 4 is 17.5 Å². The maximum Gasteiger partial charge on any atom is 0.241 e. The van der Waals surface area contributed by atoms with Crippen LogP contribution in [0, 0.1) is 0 Å². The molecule has 0 aliphatic carbocycles. The number of anilines is 1. The molecule has 2 rings (SSSR count). The van der Waals surface area contributed by atoms with E-state index in [-0.39, 0.29) is 17.9 Å². The molecule has 1 atom stereocenters. The number of carbonyl (C=O) groups is 2. The van der Waals surface area contributed by atoms with Gasteiger partial charge in [-0.15, -0.1) is 0 Å². The van der Waals surface area contributed by atoms with Crippen molar-refractivity contribution in [2.24, 2.45) is 0 Å². The largest absolute Gasteiger partial charge is 0.495 e. The molecule has 0 unspecified atom stereocenters. The SMILES string of the molecule is COc1ccccc1NC(=O)[C@@H](C)N1CCCN(C(C)=O)CC1. The third kappa shape index (κ3) is 4.45. The minimum absolute atomic E-state index is 0.0641. The van der Waals surface area contributed by atoms with Crippen LogP contribution in [0.15, 0.2) is 24.3 Å². The molecule has 0 bridgehead atoms. The Morgan fingerprint density at radius 3 is 2.61 bits per heavy atom. The maximum absolute atomic E-state index is 12.5. The summed E-state index contributed by atoms with van der Waals surface area (Å²) in [5.41, 5.74) is 0.673.